The van der Waals surface area contributed by atoms with Crippen molar-refractivity contribution in [1.29, 1.82) is 0 Å². The number of rotatable bonds is 6. The van der Waals surface area contributed by atoms with E-state index in [1.54, 1.807) is 11.0 Å². The SMILES string of the molecule is CC(OC(=O)C1(CC(=O)N2CCOCC2)CCCC1)C(=O)Nc1ccc(Br)cc1F. The number of esters is 1. The lowest BCUT2D eigenvalue weighted by Gasteiger charge is -2.32. The van der Waals surface area contributed by atoms with Gasteiger partial charge in [0.1, 0.15) is 5.82 Å². The molecule has 164 valence electrons. The van der Waals surface area contributed by atoms with E-state index in [2.05, 4.69) is 21.2 Å². The van der Waals surface area contributed by atoms with Crippen LogP contribution < -0.4 is 5.32 Å². The number of hydrogen-bond acceptors (Lipinski definition) is 5. The molecule has 2 amide bonds. The molecule has 1 saturated carbocycles. The monoisotopic (exact) mass is 484 g/mol. The summed E-state index contributed by atoms with van der Waals surface area (Å²) in [5.74, 6) is -1.86. The van der Waals surface area contributed by atoms with E-state index < -0.39 is 29.2 Å². The Labute approximate surface area is 183 Å². The van der Waals surface area contributed by atoms with Crippen LogP contribution in [0.1, 0.15) is 39.0 Å². The van der Waals surface area contributed by atoms with Crippen LogP contribution in [-0.4, -0.2) is 55.1 Å². The predicted octanol–water partition coefficient (Wildman–Crippen LogP) is 3.27. The van der Waals surface area contributed by atoms with Crippen molar-refractivity contribution in [2.75, 3.05) is 31.6 Å². The highest BCUT2D eigenvalue weighted by Crippen LogP contribution is 2.43. The third kappa shape index (κ3) is 5.37. The first-order valence-electron chi connectivity index (χ1n) is 10.1. The van der Waals surface area contributed by atoms with Crippen LogP contribution in [0.15, 0.2) is 22.7 Å². The van der Waals surface area contributed by atoms with Crippen molar-refractivity contribution in [2.45, 2.75) is 45.1 Å². The first kappa shape index (κ1) is 22.7. The number of benzene rings is 1. The standard InChI is InChI=1S/C21H26BrFN2O5/c1-14(19(27)24-17-5-4-15(22)12-16(17)23)30-20(28)21(6-2-3-7-21)13-18(26)25-8-10-29-11-9-25/h4-5,12,14H,2-3,6-11,13H2,1H3,(H,24,27). The molecule has 2 fully saturated rings. The molecule has 30 heavy (non-hydrogen) atoms. The Hall–Kier alpha value is -2.00. The highest BCUT2D eigenvalue weighted by molar-refractivity contribution is 9.10. The predicted molar refractivity (Wildman–Crippen MR) is 111 cm³/mol. The number of hydrogen-bond donors (Lipinski definition) is 1. The van der Waals surface area contributed by atoms with Crippen LogP contribution in [0.3, 0.4) is 0 Å². The molecular formula is C21H26BrFN2O5. The maximum atomic E-state index is 14.0. The van der Waals surface area contributed by atoms with Crippen LogP contribution in [0.25, 0.3) is 0 Å². The third-order valence-electron chi connectivity index (χ3n) is 5.69. The topological polar surface area (TPSA) is 84.9 Å². The molecular weight excluding hydrogens is 459 g/mol. The smallest absolute Gasteiger partial charge is 0.313 e. The minimum atomic E-state index is -1.11. The number of amides is 2. The second-order valence-corrected chi connectivity index (χ2v) is 8.73. The third-order valence-corrected chi connectivity index (χ3v) is 6.18. The van der Waals surface area contributed by atoms with Gasteiger partial charge in [0.2, 0.25) is 5.91 Å². The minimum Gasteiger partial charge on any atom is -0.452 e. The summed E-state index contributed by atoms with van der Waals surface area (Å²) in [6.45, 7) is 3.46. The van der Waals surface area contributed by atoms with E-state index in [9.17, 15) is 18.8 Å². The van der Waals surface area contributed by atoms with E-state index in [1.165, 1.54) is 19.1 Å². The lowest BCUT2D eigenvalue weighted by atomic mass is 9.82. The zero-order valence-electron chi connectivity index (χ0n) is 16.9. The quantitative estimate of drug-likeness (QED) is 0.626. The normalized spacial score (nSPS) is 19.2. The van der Waals surface area contributed by atoms with Crippen molar-refractivity contribution in [1.82, 2.24) is 4.90 Å². The van der Waals surface area contributed by atoms with Gasteiger partial charge in [-0.1, -0.05) is 28.8 Å². The second-order valence-electron chi connectivity index (χ2n) is 7.82. The van der Waals surface area contributed by atoms with E-state index in [0.29, 0.717) is 43.6 Å². The van der Waals surface area contributed by atoms with Crippen LogP contribution in [0.4, 0.5) is 10.1 Å². The molecule has 1 aliphatic carbocycles. The lowest BCUT2D eigenvalue weighted by Crippen LogP contribution is -2.45. The first-order chi connectivity index (χ1) is 14.3. The zero-order chi connectivity index (χ0) is 21.7. The van der Waals surface area contributed by atoms with Gasteiger partial charge in [-0.25, -0.2) is 4.39 Å². The van der Waals surface area contributed by atoms with Gasteiger partial charge in [-0.2, -0.15) is 0 Å². The maximum absolute atomic E-state index is 14.0. The van der Waals surface area contributed by atoms with E-state index in [-0.39, 0.29) is 18.0 Å². The molecule has 0 aromatic heterocycles. The molecule has 2 aliphatic rings. The van der Waals surface area contributed by atoms with Crippen LogP contribution in [-0.2, 0) is 23.9 Å². The van der Waals surface area contributed by atoms with Crippen molar-refractivity contribution in [3.05, 3.63) is 28.5 Å². The molecule has 1 heterocycles. The van der Waals surface area contributed by atoms with Gasteiger partial charge in [-0.15, -0.1) is 0 Å². The van der Waals surface area contributed by atoms with E-state index in [4.69, 9.17) is 9.47 Å². The van der Waals surface area contributed by atoms with E-state index in [1.807, 2.05) is 0 Å². The molecule has 0 spiro atoms. The van der Waals surface area contributed by atoms with Gasteiger partial charge in [0.15, 0.2) is 6.10 Å². The van der Waals surface area contributed by atoms with Crippen molar-refractivity contribution < 1.29 is 28.2 Å². The van der Waals surface area contributed by atoms with Gasteiger partial charge in [0, 0.05) is 24.0 Å². The number of halogens is 2. The number of anilines is 1. The number of nitrogens with zero attached hydrogens (tertiary/aromatic N) is 1. The van der Waals surface area contributed by atoms with E-state index in [0.717, 1.165) is 12.8 Å². The summed E-state index contributed by atoms with van der Waals surface area (Å²) in [6.07, 6.45) is 1.72. The Bertz CT molecular complexity index is 807. The Kier molecular flexibility index (Phi) is 7.46. The molecule has 1 unspecified atom stereocenters. The molecule has 0 bridgehead atoms. The molecule has 1 aromatic rings. The van der Waals surface area contributed by atoms with Gasteiger partial charge < -0.3 is 19.7 Å². The molecule has 3 rings (SSSR count). The number of carbonyl (C=O) groups is 3. The average Bonchev–Trinajstić information content (AvgIpc) is 3.20. The minimum absolute atomic E-state index is 0.00386. The van der Waals surface area contributed by atoms with Gasteiger partial charge in [-0.05, 0) is 38.0 Å². The Balaban J connectivity index is 1.62. The summed E-state index contributed by atoms with van der Waals surface area (Å²) in [4.78, 5) is 39.8. The van der Waals surface area contributed by atoms with Gasteiger partial charge in [0.25, 0.3) is 5.91 Å². The molecule has 1 atom stereocenters. The number of morpholine rings is 1. The summed E-state index contributed by atoms with van der Waals surface area (Å²) in [5, 5.41) is 2.44. The Morgan fingerprint density at radius 3 is 2.57 bits per heavy atom. The van der Waals surface area contributed by atoms with Crippen molar-refractivity contribution in [2.24, 2.45) is 5.41 Å². The van der Waals surface area contributed by atoms with Crippen LogP contribution in [0.2, 0.25) is 0 Å². The summed E-state index contributed by atoms with van der Waals surface area (Å²) in [6, 6.07) is 4.25. The number of ether oxygens (including phenoxy) is 2. The van der Waals surface area contributed by atoms with Crippen LogP contribution in [0, 0.1) is 11.2 Å². The van der Waals surface area contributed by atoms with E-state index >= 15 is 0 Å². The van der Waals surface area contributed by atoms with Crippen LogP contribution >= 0.6 is 15.9 Å². The first-order valence-corrected chi connectivity index (χ1v) is 10.9. The lowest BCUT2D eigenvalue weighted by molar-refractivity contribution is -0.166. The molecule has 1 saturated heterocycles. The van der Waals surface area contributed by atoms with Crippen LogP contribution in [0.5, 0.6) is 0 Å². The molecule has 1 N–H and O–H groups in total. The zero-order valence-corrected chi connectivity index (χ0v) is 18.5. The summed E-state index contributed by atoms with van der Waals surface area (Å²) in [5.41, 5.74) is -0.906. The highest BCUT2D eigenvalue weighted by atomic mass is 79.9. The fraction of sp³-hybridized carbons (Fsp3) is 0.571. The Morgan fingerprint density at radius 1 is 1.27 bits per heavy atom. The largest absolute Gasteiger partial charge is 0.452 e. The van der Waals surface area contributed by atoms with Crippen molar-refractivity contribution in [3.8, 4) is 0 Å². The fourth-order valence-corrected chi connectivity index (χ4v) is 4.22. The number of nitrogens with one attached hydrogen (secondary N) is 1. The highest BCUT2D eigenvalue weighted by Gasteiger charge is 2.46. The maximum Gasteiger partial charge on any atom is 0.313 e. The van der Waals surface area contributed by atoms with Gasteiger partial charge >= 0.3 is 5.97 Å². The Morgan fingerprint density at radius 2 is 1.93 bits per heavy atom. The fourth-order valence-electron chi connectivity index (χ4n) is 3.88. The summed E-state index contributed by atoms with van der Waals surface area (Å²) in [7, 11) is 0. The molecule has 0 radical (unpaired) electrons. The van der Waals surface area contributed by atoms with Crippen molar-refractivity contribution >= 4 is 39.4 Å². The van der Waals surface area contributed by atoms with Crippen molar-refractivity contribution in [3.63, 3.8) is 0 Å². The number of carbonyl (C=O) groups excluding carboxylic acids is 3. The van der Waals surface area contributed by atoms with Gasteiger partial charge in [0.05, 0.1) is 24.3 Å². The molecule has 1 aromatic carbocycles. The molecule has 1 aliphatic heterocycles. The molecule has 9 heteroatoms. The average molecular weight is 485 g/mol. The van der Waals surface area contributed by atoms with Gasteiger partial charge in [-0.3, -0.25) is 14.4 Å². The summed E-state index contributed by atoms with van der Waals surface area (Å²) >= 11 is 3.16. The summed E-state index contributed by atoms with van der Waals surface area (Å²) < 4.78 is 25.2. The second kappa shape index (κ2) is 9.87. The molecule has 7 nitrogen and oxygen atoms in total.